The third-order valence-electron chi connectivity index (χ3n) is 3.57. The molecule has 0 spiro atoms. The molecule has 0 unspecified atom stereocenters. The molecule has 2 aromatic carbocycles. The summed E-state index contributed by atoms with van der Waals surface area (Å²) in [6.07, 6.45) is 2.49. The molecule has 0 bridgehead atoms. The largest absolute Gasteiger partial charge is 0.497 e. The van der Waals surface area contributed by atoms with Crippen molar-refractivity contribution in [1.82, 2.24) is 5.43 Å². The topological polar surface area (TPSA) is 97.3 Å². The highest BCUT2D eigenvalue weighted by atomic mass is 32.2. The molecule has 0 atom stereocenters. The molecule has 144 valence electrons. The van der Waals surface area contributed by atoms with Crippen LogP contribution < -0.4 is 19.2 Å². The van der Waals surface area contributed by atoms with Crippen LogP contribution in [0.25, 0.3) is 0 Å². The molecular formula is C18H21N3O5S. The molecule has 0 saturated heterocycles. The van der Waals surface area contributed by atoms with Crippen LogP contribution in [0.5, 0.6) is 11.5 Å². The Balaban J connectivity index is 2.03. The van der Waals surface area contributed by atoms with Gasteiger partial charge in [0.1, 0.15) is 18.0 Å². The number of anilines is 1. The fourth-order valence-electron chi connectivity index (χ4n) is 2.18. The molecule has 27 heavy (non-hydrogen) atoms. The van der Waals surface area contributed by atoms with E-state index >= 15 is 0 Å². The minimum atomic E-state index is -3.65. The summed E-state index contributed by atoms with van der Waals surface area (Å²) < 4.78 is 35.2. The Morgan fingerprint density at radius 3 is 2.04 bits per heavy atom. The molecule has 1 amide bonds. The Morgan fingerprint density at radius 2 is 1.56 bits per heavy atom. The van der Waals surface area contributed by atoms with E-state index in [0.29, 0.717) is 17.2 Å². The van der Waals surface area contributed by atoms with Crippen LogP contribution in [-0.4, -0.2) is 47.6 Å². The lowest BCUT2D eigenvalue weighted by Gasteiger charge is -2.21. The van der Waals surface area contributed by atoms with Gasteiger partial charge in [0.2, 0.25) is 10.0 Å². The van der Waals surface area contributed by atoms with Gasteiger partial charge in [0.15, 0.2) is 0 Å². The molecule has 0 saturated carbocycles. The van der Waals surface area contributed by atoms with Crippen molar-refractivity contribution in [2.45, 2.75) is 0 Å². The standard InChI is InChI=1S/C18H21N3O5S/c1-25-16-8-4-14(5-9-16)12-19-20-18(22)13-21(27(3,23)24)15-6-10-17(26-2)11-7-15/h4-12H,13H2,1-3H3,(H,20,22)/b19-12+. The first kappa shape index (κ1) is 20.2. The number of hydrogen-bond donors (Lipinski definition) is 1. The quantitative estimate of drug-likeness (QED) is 0.545. The average Bonchev–Trinajstić information content (AvgIpc) is 2.66. The van der Waals surface area contributed by atoms with Crippen LogP contribution in [0.2, 0.25) is 0 Å². The van der Waals surface area contributed by atoms with Crippen LogP contribution in [0.1, 0.15) is 5.56 Å². The molecule has 0 aromatic heterocycles. The molecule has 0 aliphatic heterocycles. The van der Waals surface area contributed by atoms with Gasteiger partial charge in [-0.15, -0.1) is 0 Å². The van der Waals surface area contributed by atoms with E-state index < -0.39 is 22.5 Å². The monoisotopic (exact) mass is 391 g/mol. The zero-order chi connectivity index (χ0) is 19.9. The molecule has 9 heteroatoms. The van der Waals surface area contributed by atoms with Gasteiger partial charge in [-0.05, 0) is 54.1 Å². The van der Waals surface area contributed by atoms with E-state index in [1.807, 2.05) is 0 Å². The van der Waals surface area contributed by atoms with Crippen molar-refractivity contribution in [1.29, 1.82) is 0 Å². The van der Waals surface area contributed by atoms with Gasteiger partial charge in [0, 0.05) is 0 Å². The number of nitrogens with zero attached hydrogens (tertiary/aromatic N) is 2. The van der Waals surface area contributed by atoms with E-state index in [-0.39, 0.29) is 0 Å². The van der Waals surface area contributed by atoms with Crippen LogP contribution in [-0.2, 0) is 14.8 Å². The van der Waals surface area contributed by atoms with Gasteiger partial charge >= 0.3 is 0 Å². The molecule has 0 heterocycles. The summed E-state index contributed by atoms with van der Waals surface area (Å²) in [4.78, 5) is 12.1. The van der Waals surface area contributed by atoms with Gasteiger partial charge in [-0.2, -0.15) is 5.10 Å². The van der Waals surface area contributed by atoms with Crippen molar-refractivity contribution in [3.8, 4) is 11.5 Å². The number of amides is 1. The third kappa shape index (κ3) is 6.00. The Hall–Kier alpha value is -3.07. The molecular weight excluding hydrogens is 370 g/mol. The predicted octanol–water partition coefficient (Wildman–Crippen LogP) is 1.62. The van der Waals surface area contributed by atoms with E-state index in [0.717, 1.165) is 16.1 Å². The first-order valence-corrected chi connectivity index (χ1v) is 9.76. The Kier molecular flexibility index (Phi) is 6.78. The van der Waals surface area contributed by atoms with E-state index in [2.05, 4.69) is 10.5 Å². The molecule has 0 fully saturated rings. The highest BCUT2D eigenvalue weighted by Crippen LogP contribution is 2.21. The molecule has 1 N–H and O–H groups in total. The molecule has 2 aromatic rings. The number of sulfonamides is 1. The van der Waals surface area contributed by atoms with Gasteiger partial charge < -0.3 is 9.47 Å². The van der Waals surface area contributed by atoms with Crippen molar-refractivity contribution in [2.24, 2.45) is 5.10 Å². The van der Waals surface area contributed by atoms with Crippen molar-refractivity contribution in [3.05, 3.63) is 54.1 Å². The third-order valence-corrected chi connectivity index (χ3v) is 4.71. The second kappa shape index (κ2) is 9.04. The van der Waals surface area contributed by atoms with Gasteiger partial charge in [0.05, 0.1) is 32.4 Å². The lowest BCUT2D eigenvalue weighted by atomic mass is 10.2. The molecule has 0 radical (unpaired) electrons. The second-order valence-corrected chi connectivity index (χ2v) is 7.44. The van der Waals surface area contributed by atoms with Crippen LogP contribution in [0.4, 0.5) is 5.69 Å². The highest BCUT2D eigenvalue weighted by Gasteiger charge is 2.20. The Labute approximate surface area is 158 Å². The number of hydrogen-bond acceptors (Lipinski definition) is 6. The normalized spacial score (nSPS) is 11.2. The number of carbonyl (C=O) groups excluding carboxylic acids is 1. The highest BCUT2D eigenvalue weighted by molar-refractivity contribution is 7.92. The fraction of sp³-hybridized carbons (Fsp3) is 0.222. The SMILES string of the molecule is COc1ccc(/C=N/NC(=O)CN(c2ccc(OC)cc2)S(C)(=O)=O)cc1. The number of ether oxygens (including phenoxy) is 2. The first-order valence-electron chi connectivity index (χ1n) is 7.91. The van der Waals surface area contributed by atoms with E-state index in [1.54, 1.807) is 55.6 Å². The maximum Gasteiger partial charge on any atom is 0.260 e. The maximum absolute atomic E-state index is 12.1. The van der Waals surface area contributed by atoms with Crippen LogP contribution in [0.3, 0.4) is 0 Å². The van der Waals surface area contributed by atoms with Crippen LogP contribution in [0, 0.1) is 0 Å². The van der Waals surface area contributed by atoms with Crippen molar-refractivity contribution in [3.63, 3.8) is 0 Å². The summed E-state index contributed by atoms with van der Waals surface area (Å²) >= 11 is 0. The zero-order valence-corrected chi connectivity index (χ0v) is 16.1. The average molecular weight is 391 g/mol. The minimum absolute atomic E-state index is 0.354. The van der Waals surface area contributed by atoms with E-state index in [1.165, 1.54) is 13.3 Å². The number of carbonyl (C=O) groups is 1. The lowest BCUT2D eigenvalue weighted by molar-refractivity contribution is -0.119. The predicted molar refractivity (Wildman–Crippen MR) is 104 cm³/mol. The molecule has 0 aliphatic carbocycles. The summed E-state index contributed by atoms with van der Waals surface area (Å²) in [7, 11) is -0.571. The summed E-state index contributed by atoms with van der Waals surface area (Å²) in [5.41, 5.74) is 3.43. The summed E-state index contributed by atoms with van der Waals surface area (Å²) in [6, 6.07) is 13.4. The van der Waals surface area contributed by atoms with Crippen molar-refractivity contribution < 1.29 is 22.7 Å². The summed E-state index contributed by atoms with van der Waals surface area (Å²) in [5.74, 6) is 0.723. The summed E-state index contributed by atoms with van der Waals surface area (Å²) in [5, 5.41) is 3.85. The molecule has 2 rings (SSSR count). The number of hydrazone groups is 1. The van der Waals surface area contributed by atoms with E-state index in [9.17, 15) is 13.2 Å². The van der Waals surface area contributed by atoms with Crippen molar-refractivity contribution >= 4 is 27.8 Å². The number of nitrogens with one attached hydrogen (secondary N) is 1. The summed E-state index contributed by atoms with van der Waals surface area (Å²) in [6.45, 7) is -0.398. The minimum Gasteiger partial charge on any atom is -0.497 e. The van der Waals surface area contributed by atoms with Gasteiger partial charge in [-0.3, -0.25) is 9.10 Å². The van der Waals surface area contributed by atoms with Gasteiger partial charge in [-0.1, -0.05) is 0 Å². The lowest BCUT2D eigenvalue weighted by Crippen LogP contribution is -2.39. The zero-order valence-electron chi connectivity index (χ0n) is 15.2. The van der Waals surface area contributed by atoms with Crippen LogP contribution >= 0.6 is 0 Å². The van der Waals surface area contributed by atoms with Gasteiger partial charge in [-0.25, -0.2) is 13.8 Å². The maximum atomic E-state index is 12.1. The van der Waals surface area contributed by atoms with Crippen LogP contribution in [0.15, 0.2) is 53.6 Å². The number of rotatable bonds is 8. The molecule has 0 aliphatic rings. The fourth-order valence-corrected chi connectivity index (χ4v) is 3.04. The first-order chi connectivity index (χ1) is 12.8. The molecule has 8 nitrogen and oxygen atoms in total. The van der Waals surface area contributed by atoms with Crippen molar-refractivity contribution in [2.75, 3.05) is 31.3 Å². The van der Waals surface area contributed by atoms with E-state index in [4.69, 9.17) is 9.47 Å². The number of methoxy groups -OCH3 is 2. The second-order valence-electron chi connectivity index (χ2n) is 5.53. The van der Waals surface area contributed by atoms with Gasteiger partial charge in [0.25, 0.3) is 5.91 Å². The Bertz CT molecular complexity index is 894. The smallest absolute Gasteiger partial charge is 0.260 e. The Morgan fingerprint density at radius 1 is 1.04 bits per heavy atom. The number of benzene rings is 2.